The molecule has 0 radical (unpaired) electrons. The largest absolute Gasteiger partial charge is 0.293 e. The van der Waals surface area contributed by atoms with E-state index in [1.54, 1.807) is 0 Å². The van der Waals surface area contributed by atoms with E-state index in [-0.39, 0.29) is 11.9 Å². The zero-order valence-corrected chi connectivity index (χ0v) is 11.8. The second-order valence-electron chi connectivity index (χ2n) is 4.85. The Bertz CT molecular complexity index is 207. The molecule has 4 nitrogen and oxygen atoms in total. The van der Waals surface area contributed by atoms with Crippen LogP contribution in [0.5, 0.6) is 0 Å². The van der Waals surface area contributed by atoms with E-state index in [9.17, 15) is 4.79 Å². The number of rotatable bonds is 9. The number of carbonyl (C=O) groups is 1. The average molecular weight is 243 g/mol. The standard InChI is InChI=1S/C13H29N3O/c1-5-7-8-10-16(11(3)4)12(9-6-2)13(17)15-14/h11-12H,5-10,14H2,1-4H3,(H,15,17). The van der Waals surface area contributed by atoms with Crippen molar-refractivity contribution in [1.82, 2.24) is 10.3 Å². The minimum absolute atomic E-state index is 0.0583. The molecule has 102 valence electrons. The lowest BCUT2D eigenvalue weighted by Crippen LogP contribution is -2.51. The summed E-state index contributed by atoms with van der Waals surface area (Å²) in [6, 6.07) is 0.294. The van der Waals surface area contributed by atoms with Gasteiger partial charge in [0, 0.05) is 6.04 Å². The fraction of sp³-hybridized carbons (Fsp3) is 0.923. The summed E-state index contributed by atoms with van der Waals surface area (Å²) in [4.78, 5) is 14.1. The third-order valence-corrected chi connectivity index (χ3v) is 3.09. The first kappa shape index (κ1) is 16.4. The van der Waals surface area contributed by atoms with Gasteiger partial charge in [-0.25, -0.2) is 5.84 Å². The van der Waals surface area contributed by atoms with E-state index >= 15 is 0 Å². The van der Waals surface area contributed by atoms with Crippen LogP contribution in [0.4, 0.5) is 0 Å². The highest BCUT2D eigenvalue weighted by Gasteiger charge is 2.25. The molecule has 0 aliphatic heterocycles. The van der Waals surface area contributed by atoms with Gasteiger partial charge in [0.05, 0.1) is 6.04 Å². The predicted molar refractivity (Wildman–Crippen MR) is 72.4 cm³/mol. The van der Waals surface area contributed by atoms with Crippen molar-refractivity contribution in [3.05, 3.63) is 0 Å². The van der Waals surface area contributed by atoms with E-state index in [1.807, 2.05) is 0 Å². The van der Waals surface area contributed by atoms with Crippen molar-refractivity contribution in [1.29, 1.82) is 0 Å². The molecular weight excluding hydrogens is 214 g/mol. The van der Waals surface area contributed by atoms with Crippen molar-refractivity contribution in [2.45, 2.75) is 71.9 Å². The third-order valence-electron chi connectivity index (χ3n) is 3.09. The topological polar surface area (TPSA) is 58.4 Å². The van der Waals surface area contributed by atoms with Crippen LogP contribution in [0, 0.1) is 0 Å². The number of nitrogens with zero attached hydrogens (tertiary/aromatic N) is 1. The molecule has 0 aromatic carbocycles. The molecule has 0 heterocycles. The molecule has 0 saturated heterocycles. The Labute approximate surface area is 106 Å². The third kappa shape index (κ3) is 6.03. The van der Waals surface area contributed by atoms with Crippen LogP contribution in [-0.4, -0.2) is 29.4 Å². The van der Waals surface area contributed by atoms with E-state index in [0.717, 1.165) is 25.8 Å². The molecule has 1 unspecified atom stereocenters. The quantitative estimate of drug-likeness (QED) is 0.282. The summed E-state index contributed by atoms with van der Waals surface area (Å²) in [5, 5.41) is 0. The minimum atomic E-state index is -0.0816. The lowest BCUT2D eigenvalue weighted by atomic mass is 10.1. The van der Waals surface area contributed by atoms with Gasteiger partial charge in [-0.2, -0.15) is 0 Å². The van der Waals surface area contributed by atoms with Crippen LogP contribution in [0.15, 0.2) is 0 Å². The van der Waals surface area contributed by atoms with Gasteiger partial charge in [0.1, 0.15) is 0 Å². The highest BCUT2D eigenvalue weighted by Crippen LogP contribution is 2.13. The molecule has 0 spiro atoms. The van der Waals surface area contributed by atoms with Crippen LogP contribution in [0.2, 0.25) is 0 Å². The number of carbonyl (C=O) groups excluding carboxylic acids is 1. The average Bonchev–Trinajstić information content (AvgIpc) is 2.31. The maximum Gasteiger partial charge on any atom is 0.251 e. The number of nitrogens with two attached hydrogens (primary N) is 1. The van der Waals surface area contributed by atoms with Gasteiger partial charge in [0.25, 0.3) is 5.91 Å². The Kier molecular flexibility index (Phi) is 9.09. The number of hydrazine groups is 1. The highest BCUT2D eigenvalue weighted by molar-refractivity contribution is 5.81. The van der Waals surface area contributed by atoms with Crippen molar-refractivity contribution in [2.24, 2.45) is 5.84 Å². The molecule has 0 bridgehead atoms. The zero-order valence-electron chi connectivity index (χ0n) is 11.8. The Balaban J connectivity index is 4.52. The van der Waals surface area contributed by atoms with Crippen LogP contribution in [0.25, 0.3) is 0 Å². The zero-order chi connectivity index (χ0) is 13.3. The van der Waals surface area contributed by atoms with Gasteiger partial charge in [-0.15, -0.1) is 0 Å². The van der Waals surface area contributed by atoms with Crippen LogP contribution in [0.1, 0.15) is 59.8 Å². The van der Waals surface area contributed by atoms with E-state index < -0.39 is 0 Å². The van der Waals surface area contributed by atoms with Crippen molar-refractivity contribution < 1.29 is 4.79 Å². The van der Waals surface area contributed by atoms with E-state index in [1.165, 1.54) is 12.8 Å². The first-order valence-corrected chi connectivity index (χ1v) is 6.84. The summed E-state index contributed by atoms with van der Waals surface area (Å²) in [5.41, 5.74) is 2.30. The normalized spacial score (nSPS) is 13.1. The van der Waals surface area contributed by atoms with Crippen LogP contribution in [0.3, 0.4) is 0 Å². The maximum atomic E-state index is 11.8. The molecule has 1 atom stereocenters. The van der Waals surface area contributed by atoms with Crippen molar-refractivity contribution in [3.8, 4) is 0 Å². The molecule has 0 aromatic rings. The van der Waals surface area contributed by atoms with Gasteiger partial charge in [0.15, 0.2) is 0 Å². The van der Waals surface area contributed by atoms with Crippen molar-refractivity contribution >= 4 is 5.91 Å². The molecule has 4 heteroatoms. The molecule has 0 aromatic heterocycles. The molecule has 0 aliphatic carbocycles. The lowest BCUT2D eigenvalue weighted by Gasteiger charge is -2.33. The molecule has 1 amide bonds. The Morgan fingerprint density at radius 3 is 2.29 bits per heavy atom. The molecule has 17 heavy (non-hydrogen) atoms. The number of unbranched alkanes of at least 4 members (excludes halogenated alkanes) is 2. The predicted octanol–water partition coefficient (Wildman–Crippen LogP) is 2.05. The van der Waals surface area contributed by atoms with Gasteiger partial charge in [-0.1, -0.05) is 33.1 Å². The van der Waals surface area contributed by atoms with Crippen molar-refractivity contribution in [2.75, 3.05) is 6.54 Å². The van der Waals surface area contributed by atoms with E-state index in [0.29, 0.717) is 6.04 Å². The van der Waals surface area contributed by atoms with Crippen molar-refractivity contribution in [3.63, 3.8) is 0 Å². The van der Waals surface area contributed by atoms with Crippen LogP contribution >= 0.6 is 0 Å². The summed E-state index contributed by atoms with van der Waals surface area (Å²) < 4.78 is 0. The monoisotopic (exact) mass is 243 g/mol. The first-order chi connectivity index (χ1) is 8.08. The number of amides is 1. The van der Waals surface area contributed by atoms with E-state index in [4.69, 9.17) is 5.84 Å². The number of hydrogen-bond donors (Lipinski definition) is 2. The summed E-state index contributed by atoms with van der Waals surface area (Å²) in [5.74, 6) is 5.21. The summed E-state index contributed by atoms with van der Waals surface area (Å²) in [6.07, 6.45) is 5.43. The molecule has 3 N–H and O–H groups in total. The molecule has 0 fully saturated rings. The Morgan fingerprint density at radius 1 is 1.24 bits per heavy atom. The smallest absolute Gasteiger partial charge is 0.251 e. The second kappa shape index (κ2) is 9.42. The number of hydrogen-bond acceptors (Lipinski definition) is 3. The second-order valence-corrected chi connectivity index (χ2v) is 4.85. The summed E-state index contributed by atoms with van der Waals surface area (Å²) in [7, 11) is 0. The molecule has 0 rings (SSSR count). The Morgan fingerprint density at radius 2 is 1.88 bits per heavy atom. The van der Waals surface area contributed by atoms with Crippen LogP contribution < -0.4 is 11.3 Å². The molecule has 0 saturated carbocycles. The van der Waals surface area contributed by atoms with Gasteiger partial charge < -0.3 is 0 Å². The summed E-state index contributed by atoms with van der Waals surface area (Å²) in [6.45, 7) is 9.54. The fourth-order valence-corrected chi connectivity index (χ4v) is 2.14. The van der Waals surface area contributed by atoms with Gasteiger partial charge in [-0.05, 0) is 33.2 Å². The minimum Gasteiger partial charge on any atom is -0.293 e. The van der Waals surface area contributed by atoms with Crippen LogP contribution in [-0.2, 0) is 4.79 Å². The summed E-state index contributed by atoms with van der Waals surface area (Å²) >= 11 is 0. The fourth-order valence-electron chi connectivity index (χ4n) is 2.14. The van der Waals surface area contributed by atoms with Gasteiger partial charge >= 0.3 is 0 Å². The van der Waals surface area contributed by atoms with Gasteiger partial charge in [0.2, 0.25) is 0 Å². The Hall–Kier alpha value is -0.610. The molecular formula is C13H29N3O. The SMILES string of the molecule is CCCCCN(C(C)C)C(CCC)C(=O)NN. The molecule has 0 aliphatic rings. The maximum absolute atomic E-state index is 11.8. The lowest BCUT2D eigenvalue weighted by molar-refractivity contribution is -0.127. The highest BCUT2D eigenvalue weighted by atomic mass is 16.2. The number of nitrogens with one attached hydrogen (secondary N) is 1. The van der Waals surface area contributed by atoms with Gasteiger partial charge in [-0.3, -0.25) is 15.1 Å². The first-order valence-electron chi connectivity index (χ1n) is 6.84. The van der Waals surface area contributed by atoms with E-state index in [2.05, 4.69) is 38.0 Å².